The standard InChI is InChI=1S/C11H19N3O/c1-4-6-7-15-11-9(5-2)10(12-3)13-8-14-11/h8H,4-7H2,1-3H3,(H,12,13,14). The highest BCUT2D eigenvalue weighted by molar-refractivity contribution is 5.48. The zero-order valence-corrected chi connectivity index (χ0v) is 9.71. The van der Waals surface area contributed by atoms with Crippen LogP contribution in [-0.2, 0) is 6.42 Å². The molecule has 0 amide bonds. The summed E-state index contributed by atoms with van der Waals surface area (Å²) < 4.78 is 5.62. The molecule has 0 aliphatic rings. The molecule has 0 atom stereocenters. The third kappa shape index (κ3) is 3.08. The second-order valence-corrected chi connectivity index (χ2v) is 3.31. The molecule has 1 rings (SSSR count). The Morgan fingerprint density at radius 2 is 2.13 bits per heavy atom. The largest absolute Gasteiger partial charge is 0.477 e. The van der Waals surface area contributed by atoms with Crippen LogP contribution in [0.1, 0.15) is 32.3 Å². The highest BCUT2D eigenvalue weighted by Gasteiger charge is 2.09. The molecule has 0 aliphatic carbocycles. The van der Waals surface area contributed by atoms with E-state index < -0.39 is 0 Å². The van der Waals surface area contributed by atoms with Gasteiger partial charge in [-0.1, -0.05) is 20.3 Å². The molecule has 0 aliphatic heterocycles. The molecular weight excluding hydrogens is 190 g/mol. The summed E-state index contributed by atoms with van der Waals surface area (Å²) in [7, 11) is 1.86. The molecule has 0 aromatic carbocycles. The fourth-order valence-corrected chi connectivity index (χ4v) is 1.37. The molecule has 0 radical (unpaired) electrons. The first-order valence-corrected chi connectivity index (χ1v) is 5.47. The molecule has 15 heavy (non-hydrogen) atoms. The van der Waals surface area contributed by atoms with Gasteiger partial charge in [-0.15, -0.1) is 0 Å². The Labute approximate surface area is 91.1 Å². The normalized spacial score (nSPS) is 10.1. The van der Waals surface area contributed by atoms with E-state index in [1.807, 2.05) is 7.05 Å². The van der Waals surface area contributed by atoms with E-state index in [4.69, 9.17) is 4.74 Å². The summed E-state index contributed by atoms with van der Waals surface area (Å²) in [5, 5.41) is 3.05. The van der Waals surface area contributed by atoms with Crippen molar-refractivity contribution in [1.82, 2.24) is 9.97 Å². The number of rotatable bonds is 6. The van der Waals surface area contributed by atoms with Crippen LogP contribution in [0.3, 0.4) is 0 Å². The maximum absolute atomic E-state index is 5.62. The first-order valence-electron chi connectivity index (χ1n) is 5.47. The Morgan fingerprint density at radius 3 is 2.73 bits per heavy atom. The predicted molar refractivity (Wildman–Crippen MR) is 61.4 cm³/mol. The number of ether oxygens (including phenoxy) is 1. The van der Waals surface area contributed by atoms with Gasteiger partial charge < -0.3 is 10.1 Å². The van der Waals surface area contributed by atoms with Crippen molar-refractivity contribution in [3.63, 3.8) is 0 Å². The fraction of sp³-hybridized carbons (Fsp3) is 0.636. The van der Waals surface area contributed by atoms with Gasteiger partial charge in [-0.25, -0.2) is 9.97 Å². The van der Waals surface area contributed by atoms with Gasteiger partial charge in [0.2, 0.25) is 5.88 Å². The quantitative estimate of drug-likeness (QED) is 0.730. The lowest BCUT2D eigenvalue weighted by molar-refractivity contribution is 0.294. The number of anilines is 1. The summed E-state index contributed by atoms with van der Waals surface area (Å²) in [6.07, 6.45) is 4.60. The molecule has 4 nitrogen and oxygen atoms in total. The maximum atomic E-state index is 5.62. The highest BCUT2D eigenvalue weighted by atomic mass is 16.5. The Morgan fingerprint density at radius 1 is 1.33 bits per heavy atom. The van der Waals surface area contributed by atoms with Gasteiger partial charge in [0.25, 0.3) is 0 Å². The third-order valence-electron chi connectivity index (χ3n) is 2.23. The van der Waals surface area contributed by atoms with Crippen LogP contribution in [0.15, 0.2) is 6.33 Å². The Kier molecular flexibility index (Phi) is 4.87. The molecule has 0 saturated carbocycles. The van der Waals surface area contributed by atoms with Crippen molar-refractivity contribution in [2.24, 2.45) is 0 Å². The van der Waals surface area contributed by atoms with Crippen LogP contribution in [-0.4, -0.2) is 23.6 Å². The Hall–Kier alpha value is -1.32. The van der Waals surface area contributed by atoms with Gasteiger partial charge in [0.1, 0.15) is 12.1 Å². The number of unbranched alkanes of at least 4 members (excludes halogenated alkanes) is 1. The summed E-state index contributed by atoms with van der Waals surface area (Å²) in [5.74, 6) is 1.57. The van der Waals surface area contributed by atoms with Crippen molar-refractivity contribution in [1.29, 1.82) is 0 Å². The van der Waals surface area contributed by atoms with Crippen LogP contribution in [0.25, 0.3) is 0 Å². The SMILES string of the molecule is CCCCOc1ncnc(NC)c1CC. The lowest BCUT2D eigenvalue weighted by Crippen LogP contribution is -2.06. The van der Waals surface area contributed by atoms with Gasteiger partial charge in [-0.05, 0) is 12.8 Å². The summed E-state index contributed by atoms with van der Waals surface area (Å²) in [6, 6.07) is 0. The molecule has 1 heterocycles. The molecule has 0 saturated heterocycles. The smallest absolute Gasteiger partial charge is 0.221 e. The topological polar surface area (TPSA) is 47.0 Å². The molecule has 84 valence electrons. The van der Waals surface area contributed by atoms with E-state index in [9.17, 15) is 0 Å². The van der Waals surface area contributed by atoms with Crippen molar-refractivity contribution < 1.29 is 4.74 Å². The lowest BCUT2D eigenvalue weighted by atomic mass is 10.2. The van der Waals surface area contributed by atoms with E-state index in [0.717, 1.165) is 37.3 Å². The van der Waals surface area contributed by atoms with Gasteiger partial charge >= 0.3 is 0 Å². The van der Waals surface area contributed by atoms with Gasteiger partial charge in [0, 0.05) is 7.05 Å². The van der Waals surface area contributed by atoms with E-state index >= 15 is 0 Å². The van der Waals surface area contributed by atoms with Crippen molar-refractivity contribution in [2.75, 3.05) is 19.0 Å². The Balaban J connectivity index is 2.76. The first-order chi connectivity index (χ1) is 7.33. The number of hydrogen-bond donors (Lipinski definition) is 1. The number of nitrogens with one attached hydrogen (secondary N) is 1. The number of hydrogen-bond acceptors (Lipinski definition) is 4. The minimum Gasteiger partial charge on any atom is -0.477 e. The molecular formula is C11H19N3O. The molecule has 1 N–H and O–H groups in total. The van der Waals surface area contributed by atoms with Gasteiger partial charge in [-0.3, -0.25) is 0 Å². The monoisotopic (exact) mass is 209 g/mol. The molecule has 0 spiro atoms. The number of nitrogens with zero attached hydrogens (tertiary/aromatic N) is 2. The Bertz CT molecular complexity index is 302. The summed E-state index contributed by atoms with van der Waals surface area (Å²) in [6.45, 7) is 4.94. The number of aromatic nitrogens is 2. The molecule has 1 aromatic heterocycles. The predicted octanol–water partition coefficient (Wildman–Crippen LogP) is 2.26. The van der Waals surface area contributed by atoms with Crippen molar-refractivity contribution in [3.05, 3.63) is 11.9 Å². The van der Waals surface area contributed by atoms with Crippen LogP contribution in [0, 0.1) is 0 Å². The van der Waals surface area contributed by atoms with E-state index in [1.165, 1.54) is 6.33 Å². The minimum absolute atomic E-state index is 0.713. The summed E-state index contributed by atoms with van der Waals surface area (Å²) >= 11 is 0. The molecule has 4 heteroatoms. The van der Waals surface area contributed by atoms with Gasteiger partial charge in [-0.2, -0.15) is 0 Å². The summed E-state index contributed by atoms with van der Waals surface area (Å²) in [5.41, 5.74) is 1.05. The fourth-order valence-electron chi connectivity index (χ4n) is 1.37. The van der Waals surface area contributed by atoms with Crippen molar-refractivity contribution in [3.8, 4) is 5.88 Å². The minimum atomic E-state index is 0.713. The van der Waals surface area contributed by atoms with Crippen molar-refractivity contribution in [2.45, 2.75) is 33.1 Å². The third-order valence-corrected chi connectivity index (χ3v) is 2.23. The second-order valence-electron chi connectivity index (χ2n) is 3.31. The molecule has 0 fully saturated rings. The average molecular weight is 209 g/mol. The van der Waals surface area contributed by atoms with Crippen molar-refractivity contribution >= 4 is 5.82 Å². The lowest BCUT2D eigenvalue weighted by Gasteiger charge is -2.11. The van der Waals surface area contributed by atoms with Crippen LogP contribution in [0.4, 0.5) is 5.82 Å². The zero-order valence-electron chi connectivity index (χ0n) is 9.71. The van der Waals surface area contributed by atoms with E-state index in [1.54, 1.807) is 0 Å². The summed E-state index contributed by atoms with van der Waals surface area (Å²) in [4.78, 5) is 8.31. The maximum Gasteiger partial charge on any atom is 0.221 e. The van der Waals surface area contributed by atoms with E-state index in [0.29, 0.717) is 5.88 Å². The molecule has 1 aromatic rings. The van der Waals surface area contributed by atoms with Crippen LogP contribution >= 0.6 is 0 Å². The molecule has 0 unspecified atom stereocenters. The van der Waals surface area contributed by atoms with Crippen LogP contribution < -0.4 is 10.1 Å². The van der Waals surface area contributed by atoms with E-state index in [2.05, 4.69) is 29.1 Å². The average Bonchev–Trinajstić information content (AvgIpc) is 2.29. The van der Waals surface area contributed by atoms with Gasteiger partial charge in [0.15, 0.2) is 0 Å². The second kappa shape index (κ2) is 6.22. The van der Waals surface area contributed by atoms with Gasteiger partial charge in [0.05, 0.1) is 12.2 Å². The van der Waals surface area contributed by atoms with E-state index in [-0.39, 0.29) is 0 Å². The van der Waals surface area contributed by atoms with Crippen LogP contribution in [0.2, 0.25) is 0 Å². The first kappa shape index (κ1) is 11.8. The molecule has 0 bridgehead atoms. The highest BCUT2D eigenvalue weighted by Crippen LogP contribution is 2.21. The zero-order chi connectivity index (χ0) is 11.1. The van der Waals surface area contributed by atoms with Crippen LogP contribution in [0.5, 0.6) is 5.88 Å².